The second-order valence-corrected chi connectivity index (χ2v) is 10.5. The van der Waals surface area contributed by atoms with Gasteiger partial charge in [-0.3, -0.25) is 4.79 Å². The van der Waals surface area contributed by atoms with Gasteiger partial charge in [0, 0.05) is 12.6 Å². The molecule has 1 aromatic heterocycles. The number of carbonyl (C=O) groups is 2. The molecule has 1 aliphatic carbocycles. The van der Waals surface area contributed by atoms with E-state index < -0.39 is 23.4 Å². The fourth-order valence-electron chi connectivity index (χ4n) is 3.80. The fraction of sp³-hybridized carbons (Fsp3) is 0.462. The molecule has 0 unspecified atom stereocenters. The molecule has 40 heavy (non-hydrogen) atoms. The molecule has 214 valence electrons. The van der Waals surface area contributed by atoms with Gasteiger partial charge in [-0.05, 0) is 83.5 Å². The molecule has 2 fully saturated rings. The summed E-state index contributed by atoms with van der Waals surface area (Å²) in [6.45, 7) is 9.31. The van der Waals surface area contributed by atoms with E-state index in [-0.39, 0.29) is 39.6 Å². The normalized spacial score (nSPS) is 15.3. The molecule has 0 bridgehead atoms. The molecule has 11 nitrogen and oxygen atoms in total. The maximum atomic E-state index is 14.3. The molecule has 1 aromatic carbocycles. The Morgan fingerprint density at radius 2 is 1.85 bits per heavy atom. The molecular formula is C26H30Cl2FN7O4. The molecule has 2 amide bonds. The third-order valence-corrected chi connectivity index (χ3v) is 6.17. The number of hydrogen-bond acceptors (Lipinski definition) is 10. The summed E-state index contributed by atoms with van der Waals surface area (Å²) in [7, 11) is 0. The van der Waals surface area contributed by atoms with Gasteiger partial charge >= 0.3 is 12.0 Å². The van der Waals surface area contributed by atoms with E-state index in [1.807, 2.05) is 6.92 Å². The maximum absolute atomic E-state index is 14.3. The number of imide groups is 1. The SMILES string of the molecule is CC(C)=C1OC(=O)N(c2cc(OC3CCCC3)c(Cl)cc2F)C1=O.CCNc1nc(Cl)nc(NC(C)(C)C#N)n1. The van der Waals surface area contributed by atoms with E-state index in [0.717, 1.165) is 31.7 Å². The zero-order chi connectivity index (χ0) is 29.6. The van der Waals surface area contributed by atoms with Gasteiger partial charge in [0.25, 0.3) is 0 Å². The Morgan fingerprint density at radius 1 is 1.20 bits per heavy atom. The number of amides is 2. The standard InChI is InChI=1S/C17H17ClFNO4.C9H13ClN6/c1-9(2)15-16(21)20(17(22)24-15)13-8-14(11(18)7-12(13)19)23-10-5-3-4-6-10;1-4-12-7-13-6(10)14-8(15-7)16-9(2,3)5-11/h7-8,10H,3-6H2,1-2H3;4H2,1-3H3,(H2,12,13,14,15,16). The highest BCUT2D eigenvalue weighted by atomic mass is 35.5. The lowest BCUT2D eigenvalue weighted by Gasteiger charge is -2.18. The molecule has 0 spiro atoms. The van der Waals surface area contributed by atoms with Gasteiger partial charge in [0.2, 0.25) is 17.2 Å². The number of aromatic nitrogens is 3. The predicted molar refractivity (Wildman–Crippen MR) is 149 cm³/mol. The second kappa shape index (κ2) is 13.1. The van der Waals surface area contributed by atoms with Crippen molar-refractivity contribution in [3.8, 4) is 11.8 Å². The smallest absolute Gasteiger partial charge is 0.427 e. The Bertz CT molecular complexity index is 1350. The summed E-state index contributed by atoms with van der Waals surface area (Å²) < 4.78 is 25.1. The monoisotopic (exact) mass is 593 g/mol. The van der Waals surface area contributed by atoms with Crippen LogP contribution in [0.3, 0.4) is 0 Å². The quantitative estimate of drug-likeness (QED) is 0.353. The van der Waals surface area contributed by atoms with Crippen molar-refractivity contribution in [1.29, 1.82) is 5.26 Å². The van der Waals surface area contributed by atoms with Crippen LogP contribution in [0.2, 0.25) is 10.3 Å². The number of benzene rings is 1. The molecule has 0 radical (unpaired) electrons. The minimum absolute atomic E-state index is 0.00962. The zero-order valence-corrected chi connectivity index (χ0v) is 24.3. The number of rotatable bonds is 7. The lowest BCUT2D eigenvalue weighted by Crippen LogP contribution is -2.29. The number of nitrogens with zero attached hydrogens (tertiary/aromatic N) is 5. The van der Waals surface area contributed by atoms with Crippen molar-refractivity contribution in [2.45, 2.75) is 71.9 Å². The second-order valence-electron chi connectivity index (χ2n) is 9.74. The highest BCUT2D eigenvalue weighted by Crippen LogP contribution is 2.37. The topological polar surface area (TPSA) is 142 Å². The Balaban J connectivity index is 0.000000241. The molecule has 1 saturated carbocycles. The Hall–Kier alpha value is -3.69. The third kappa shape index (κ3) is 7.70. The van der Waals surface area contributed by atoms with Gasteiger partial charge in [-0.2, -0.15) is 20.2 Å². The van der Waals surface area contributed by atoms with Gasteiger partial charge < -0.3 is 20.1 Å². The van der Waals surface area contributed by atoms with Crippen LogP contribution in [-0.4, -0.2) is 45.1 Å². The van der Waals surface area contributed by atoms with Crippen molar-refractivity contribution in [2.24, 2.45) is 0 Å². The number of ether oxygens (including phenoxy) is 2. The van der Waals surface area contributed by atoms with Crippen LogP contribution in [0.4, 0.5) is 26.8 Å². The van der Waals surface area contributed by atoms with Crippen molar-refractivity contribution in [2.75, 3.05) is 22.1 Å². The summed E-state index contributed by atoms with van der Waals surface area (Å²) in [6, 6.07) is 4.41. The minimum atomic E-state index is -0.941. The molecule has 0 atom stereocenters. The van der Waals surface area contributed by atoms with E-state index >= 15 is 0 Å². The van der Waals surface area contributed by atoms with Crippen LogP contribution in [0, 0.1) is 17.1 Å². The van der Waals surface area contributed by atoms with Crippen molar-refractivity contribution in [3.63, 3.8) is 0 Å². The average molecular weight is 594 g/mol. The number of hydrogen-bond donors (Lipinski definition) is 2. The summed E-state index contributed by atoms with van der Waals surface area (Å²) in [4.78, 5) is 36.9. The van der Waals surface area contributed by atoms with Crippen molar-refractivity contribution in [1.82, 2.24) is 15.0 Å². The number of carbonyl (C=O) groups excluding carboxylic acids is 2. The number of nitrogens with one attached hydrogen (secondary N) is 2. The molecule has 2 aliphatic rings. The van der Waals surface area contributed by atoms with Crippen molar-refractivity contribution >= 4 is 52.8 Å². The molecule has 4 rings (SSSR count). The van der Waals surface area contributed by atoms with E-state index in [1.54, 1.807) is 27.7 Å². The molecule has 2 aromatic rings. The first kappa shape index (κ1) is 30.8. The first-order chi connectivity index (χ1) is 18.8. The van der Waals surface area contributed by atoms with Crippen LogP contribution in [-0.2, 0) is 9.53 Å². The molecule has 2 N–H and O–H groups in total. The highest BCUT2D eigenvalue weighted by molar-refractivity contribution is 6.32. The number of halogens is 3. The van der Waals surface area contributed by atoms with Gasteiger partial charge in [-0.15, -0.1) is 0 Å². The van der Waals surface area contributed by atoms with Crippen LogP contribution in [0.15, 0.2) is 23.5 Å². The summed E-state index contributed by atoms with van der Waals surface area (Å²) in [5.74, 6) is -0.660. The summed E-state index contributed by atoms with van der Waals surface area (Å²) in [6.07, 6.45) is 3.00. The van der Waals surface area contributed by atoms with Crippen LogP contribution in [0.25, 0.3) is 0 Å². The predicted octanol–water partition coefficient (Wildman–Crippen LogP) is 6.25. The zero-order valence-electron chi connectivity index (χ0n) is 22.8. The lowest BCUT2D eigenvalue weighted by molar-refractivity contribution is -0.114. The molecule has 1 saturated heterocycles. The lowest BCUT2D eigenvalue weighted by atomic mass is 10.1. The summed E-state index contributed by atoms with van der Waals surface area (Å²) in [5.41, 5.74) is -0.444. The van der Waals surface area contributed by atoms with E-state index in [4.69, 9.17) is 37.9 Å². The van der Waals surface area contributed by atoms with Gasteiger partial charge in [0.05, 0.1) is 22.9 Å². The third-order valence-electron chi connectivity index (χ3n) is 5.71. The first-order valence-electron chi connectivity index (χ1n) is 12.6. The van der Waals surface area contributed by atoms with Crippen LogP contribution < -0.4 is 20.3 Å². The number of cyclic esters (lactones) is 1. The maximum Gasteiger partial charge on any atom is 0.427 e. The Kier molecular flexibility index (Phi) is 10.1. The van der Waals surface area contributed by atoms with Crippen molar-refractivity contribution in [3.05, 3.63) is 39.6 Å². The first-order valence-corrected chi connectivity index (χ1v) is 13.3. The Labute approximate surface area is 241 Å². The Morgan fingerprint density at radius 3 is 2.42 bits per heavy atom. The molecular weight excluding hydrogens is 564 g/mol. The van der Waals surface area contributed by atoms with Crippen LogP contribution in [0.1, 0.15) is 60.3 Å². The minimum Gasteiger partial charge on any atom is -0.489 e. The van der Waals surface area contributed by atoms with E-state index in [9.17, 15) is 14.0 Å². The largest absolute Gasteiger partial charge is 0.489 e. The van der Waals surface area contributed by atoms with Gasteiger partial charge in [0.1, 0.15) is 17.1 Å². The number of nitriles is 1. The number of allylic oxidation sites excluding steroid dienone is 1. The highest BCUT2D eigenvalue weighted by Gasteiger charge is 2.40. The molecule has 1 aliphatic heterocycles. The van der Waals surface area contributed by atoms with E-state index in [1.165, 1.54) is 6.07 Å². The van der Waals surface area contributed by atoms with Gasteiger partial charge in [-0.25, -0.2) is 14.1 Å². The summed E-state index contributed by atoms with van der Waals surface area (Å²) in [5, 5.41) is 14.8. The van der Waals surface area contributed by atoms with Gasteiger partial charge in [-0.1, -0.05) is 11.6 Å². The molecule has 14 heteroatoms. The van der Waals surface area contributed by atoms with E-state index in [2.05, 4.69) is 31.7 Å². The molecule has 2 heterocycles. The van der Waals surface area contributed by atoms with Crippen molar-refractivity contribution < 1.29 is 23.5 Å². The summed E-state index contributed by atoms with van der Waals surface area (Å²) >= 11 is 11.8. The average Bonchev–Trinajstić information content (AvgIpc) is 3.48. The van der Waals surface area contributed by atoms with E-state index in [0.29, 0.717) is 23.0 Å². The van der Waals surface area contributed by atoms with Gasteiger partial charge in [0.15, 0.2) is 5.76 Å². The van der Waals surface area contributed by atoms with Crippen LogP contribution in [0.5, 0.6) is 5.75 Å². The fourth-order valence-corrected chi connectivity index (χ4v) is 4.16. The number of anilines is 3. The van der Waals surface area contributed by atoms with Crippen LogP contribution >= 0.6 is 23.2 Å².